The molecule has 2 saturated heterocycles. The van der Waals surface area contributed by atoms with Gasteiger partial charge in [0, 0.05) is 45.7 Å². The Bertz CT molecular complexity index is 729. The summed E-state index contributed by atoms with van der Waals surface area (Å²) in [5.41, 5.74) is -2.20. The largest absolute Gasteiger partial charge is 0.490 e. The molecule has 0 saturated carbocycles. The van der Waals surface area contributed by atoms with Crippen LogP contribution in [0.2, 0.25) is 5.02 Å². The van der Waals surface area contributed by atoms with Crippen molar-refractivity contribution in [3.05, 3.63) is 29.0 Å². The van der Waals surface area contributed by atoms with Gasteiger partial charge in [0.15, 0.2) is 0 Å². The van der Waals surface area contributed by atoms with Gasteiger partial charge < -0.3 is 24.6 Å². The Balaban J connectivity index is 1.58. The van der Waals surface area contributed by atoms with Gasteiger partial charge in [-0.25, -0.2) is 4.39 Å². The first-order chi connectivity index (χ1) is 13.7. The minimum absolute atomic E-state index is 0.0163. The number of rotatable bonds is 5. The molecule has 0 spiro atoms. The molecule has 3 rings (SSSR count). The first-order valence-electron chi connectivity index (χ1n) is 9.76. The summed E-state index contributed by atoms with van der Waals surface area (Å²) in [6.07, 6.45) is 0.986. The van der Waals surface area contributed by atoms with Crippen LogP contribution >= 0.6 is 11.6 Å². The van der Waals surface area contributed by atoms with Gasteiger partial charge in [-0.1, -0.05) is 11.6 Å². The number of carbonyl (C=O) groups excluding carboxylic acids is 1. The van der Waals surface area contributed by atoms with Crippen LogP contribution in [0.5, 0.6) is 5.75 Å². The Labute approximate surface area is 174 Å². The van der Waals surface area contributed by atoms with E-state index in [1.165, 1.54) is 25.1 Å². The topological polar surface area (TPSA) is 82.5 Å². The normalized spacial score (nSPS) is 25.5. The van der Waals surface area contributed by atoms with Gasteiger partial charge in [-0.3, -0.25) is 9.69 Å². The van der Waals surface area contributed by atoms with Gasteiger partial charge in [-0.05, 0) is 25.0 Å². The number of piperidine rings is 1. The van der Waals surface area contributed by atoms with E-state index in [2.05, 4.69) is 0 Å². The zero-order chi connectivity index (χ0) is 21.1. The van der Waals surface area contributed by atoms with Crippen molar-refractivity contribution in [2.24, 2.45) is 0 Å². The average molecular weight is 431 g/mol. The van der Waals surface area contributed by atoms with Gasteiger partial charge in [0.2, 0.25) is 5.91 Å². The highest BCUT2D eigenvalue weighted by Gasteiger charge is 2.39. The molecule has 7 nitrogen and oxygen atoms in total. The molecule has 0 aromatic heterocycles. The van der Waals surface area contributed by atoms with Gasteiger partial charge >= 0.3 is 0 Å². The maximum atomic E-state index is 13.3. The first-order valence-corrected chi connectivity index (χ1v) is 10.1. The van der Waals surface area contributed by atoms with Gasteiger partial charge in [-0.2, -0.15) is 0 Å². The number of ether oxygens (including phenoxy) is 2. The summed E-state index contributed by atoms with van der Waals surface area (Å²) < 4.78 is 24.5. The molecule has 1 atom stereocenters. The summed E-state index contributed by atoms with van der Waals surface area (Å²) in [5, 5.41) is 21.9. The zero-order valence-electron chi connectivity index (χ0n) is 16.6. The van der Waals surface area contributed by atoms with E-state index in [9.17, 15) is 19.4 Å². The van der Waals surface area contributed by atoms with Crippen LogP contribution in [-0.4, -0.2) is 89.7 Å². The molecule has 0 radical (unpaired) electrons. The van der Waals surface area contributed by atoms with Gasteiger partial charge in [0.05, 0.1) is 23.8 Å². The number of β-amino-alcohol motifs (C(OH)–C–C–N with tert-alkyl or cyclic N) is 2. The molecule has 0 aliphatic carbocycles. The summed E-state index contributed by atoms with van der Waals surface area (Å²) >= 11 is 5.77. The number of likely N-dealkylation sites (tertiary alicyclic amines) is 1. The summed E-state index contributed by atoms with van der Waals surface area (Å²) in [6.45, 7) is 4.27. The number of amides is 1. The molecule has 9 heteroatoms. The zero-order valence-corrected chi connectivity index (χ0v) is 17.3. The highest BCUT2D eigenvalue weighted by atomic mass is 35.5. The minimum Gasteiger partial charge on any atom is -0.490 e. The van der Waals surface area contributed by atoms with Crippen molar-refractivity contribution in [3.63, 3.8) is 0 Å². The van der Waals surface area contributed by atoms with E-state index in [4.69, 9.17) is 21.1 Å². The number of aliphatic hydroxyl groups is 2. The van der Waals surface area contributed by atoms with Crippen molar-refractivity contribution in [2.75, 3.05) is 52.5 Å². The molecule has 1 amide bonds. The number of hydrogen-bond acceptors (Lipinski definition) is 6. The molecule has 1 aromatic carbocycles. The average Bonchev–Trinajstić information content (AvgIpc) is 2.84. The van der Waals surface area contributed by atoms with Crippen molar-refractivity contribution in [2.45, 2.75) is 31.0 Å². The molecule has 2 aliphatic rings. The lowest BCUT2D eigenvalue weighted by atomic mass is 9.90. The fourth-order valence-electron chi connectivity index (χ4n) is 3.82. The third-order valence-electron chi connectivity index (χ3n) is 5.50. The Hall–Kier alpha value is -1.45. The van der Waals surface area contributed by atoms with Crippen LogP contribution in [0.25, 0.3) is 0 Å². The van der Waals surface area contributed by atoms with Crippen LogP contribution in [0.3, 0.4) is 0 Å². The van der Waals surface area contributed by atoms with E-state index in [1.54, 1.807) is 4.90 Å². The predicted octanol–water partition coefficient (Wildman–Crippen LogP) is 1.29. The quantitative estimate of drug-likeness (QED) is 0.732. The fraction of sp³-hybridized carbons (Fsp3) is 0.650. The number of hydrogen-bond donors (Lipinski definition) is 2. The number of benzene rings is 1. The van der Waals surface area contributed by atoms with Crippen molar-refractivity contribution in [1.29, 1.82) is 0 Å². The Morgan fingerprint density at radius 3 is 2.66 bits per heavy atom. The molecule has 29 heavy (non-hydrogen) atoms. The summed E-state index contributed by atoms with van der Waals surface area (Å²) in [7, 11) is 0. The van der Waals surface area contributed by atoms with Gasteiger partial charge in [0.1, 0.15) is 23.8 Å². The first kappa shape index (κ1) is 22.2. The second kappa shape index (κ2) is 9.14. The molecule has 162 valence electrons. The Morgan fingerprint density at radius 1 is 1.28 bits per heavy atom. The van der Waals surface area contributed by atoms with Gasteiger partial charge in [-0.15, -0.1) is 0 Å². The molecule has 1 aromatic rings. The molecule has 2 heterocycles. The number of carbonyl (C=O) groups is 1. The third kappa shape index (κ3) is 6.02. The van der Waals surface area contributed by atoms with Crippen molar-refractivity contribution < 1.29 is 28.9 Å². The summed E-state index contributed by atoms with van der Waals surface area (Å²) in [6, 6.07) is 4.02. The minimum atomic E-state index is -1.28. The van der Waals surface area contributed by atoms with Crippen LogP contribution in [-0.2, 0) is 9.53 Å². The molecule has 2 fully saturated rings. The van der Waals surface area contributed by atoms with Crippen LogP contribution in [0, 0.1) is 5.82 Å². The van der Waals surface area contributed by atoms with E-state index in [-0.39, 0.29) is 30.7 Å². The SMILES string of the molecule is CC(=O)N1CCC(O)(CN2CCOCC(O)(COc3ccc(F)c(Cl)c3)C2)CC1. The second-order valence-corrected chi connectivity index (χ2v) is 8.49. The van der Waals surface area contributed by atoms with E-state index < -0.39 is 17.0 Å². The van der Waals surface area contributed by atoms with Crippen molar-refractivity contribution in [3.8, 4) is 5.75 Å². The summed E-state index contributed by atoms with van der Waals surface area (Å²) in [5.74, 6) is -0.163. The van der Waals surface area contributed by atoms with Crippen LogP contribution in [0.4, 0.5) is 4.39 Å². The monoisotopic (exact) mass is 430 g/mol. The number of nitrogens with zero attached hydrogens (tertiary/aromatic N) is 2. The van der Waals surface area contributed by atoms with Crippen LogP contribution in [0.1, 0.15) is 19.8 Å². The lowest BCUT2D eigenvalue weighted by Crippen LogP contribution is -2.55. The third-order valence-corrected chi connectivity index (χ3v) is 5.79. The Kier molecular flexibility index (Phi) is 7.01. The maximum Gasteiger partial charge on any atom is 0.219 e. The van der Waals surface area contributed by atoms with Crippen molar-refractivity contribution in [1.82, 2.24) is 9.80 Å². The molecule has 0 bridgehead atoms. The molecule has 2 aliphatic heterocycles. The predicted molar refractivity (Wildman–Crippen MR) is 106 cm³/mol. The van der Waals surface area contributed by atoms with E-state index >= 15 is 0 Å². The van der Waals surface area contributed by atoms with E-state index in [0.29, 0.717) is 51.4 Å². The Morgan fingerprint density at radius 2 is 2.00 bits per heavy atom. The highest BCUT2D eigenvalue weighted by Crippen LogP contribution is 2.26. The highest BCUT2D eigenvalue weighted by molar-refractivity contribution is 6.30. The van der Waals surface area contributed by atoms with Crippen LogP contribution < -0.4 is 4.74 Å². The lowest BCUT2D eigenvalue weighted by molar-refractivity contribution is -0.134. The molecule has 1 unspecified atom stereocenters. The van der Waals surface area contributed by atoms with Gasteiger partial charge in [0.25, 0.3) is 0 Å². The van der Waals surface area contributed by atoms with Crippen molar-refractivity contribution >= 4 is 17.5 Å². The van der Waals surface area contributed by atoms with E-state index in [0.717, 1.165) is 0 Å². The maximum absolute atomic E-state index is 13.3. The smallest absolute Gasteiger partial charge is 0.219 e. The molecular weight excluding hydrogens is 403 g/mol. The lowest BCUT2D eigenvalue weighted by Gasteiger charge is -2.41. The molecular formula is C20H28ClFN2O5. The molecule has 2 N–H and O–H groups in total. The fourth-order valence-corrected chi connectivity index (χ4v) is 3.99. The number of halogens is 2. The second-order valence-electron chi connectivity index (χ2n) is 8.08. The summed E-state index contributed by atoms with van der Waals surface area (Å²) in [4.78, 5) is 15.2. The van der Waals surface area contributed by atoms with E-state index in [1.807, 2.05) is 4.90 Å². The van der Waals surface area contributed by atoms with Crippen LogP contribution in [0.15, 0.2) is 18.2 Å². The standard InChI is InChI=1S/C20H28ClFN2O5/c1-15(25)24-6-4-19(26,5-7-24)11-23-8-9-28-13-20(27,12-23)14-29-16-2-3-18(22)17(21)10-16/h2-3,10,26-27H,4-9,11-14H2,1H3.